The Morgan fingerprint density at radius 1 is 1.21 bits per heavy atom. The van der Waals surface area contributed by atoms with Gasteiger partial charge in [0.25, 0.3) is 0 Å². The zero-order valence-electron chi connectivity index (χ0n) is 10.9. The lowest BCUT2D eigenvalue weighted by atomic mass is 10.0. The number of Topliss-reactive ketones (excluding diaryl/α,β-unsaturated/α-hetero) is 2. The maximum absolute atomic E-state index is 11.4. The number of thioether (sulfide) groups is 1. The SMILES string of the molecule is CSC(=Nc1cc(C(C)=O)cc(C(C)=O)c1)NC#N. The van der Waals surface area contributed by atoms with Crippen LogP contribution in [-0.2, 0) is 0 Å². The minimum absolute atomic E-state index is 0.140. The third kappa shape index (κ3) is 4.23. The summed E-state index contributed by atoms with van der Waals surface area (Å²) >= 11 is 1.26. The third-order valence-corrected chi connectivity index (χ3v) is 2.90. The van der Waals surface area contributed by atoms with E-state index in [-0.39, 0.29) is 11.6 Å². The molecule has 0 amide bonds. The van der Waals surface area contributed by atoms with E-state index in [4.69, 9.17) is 5.26 Å². The Hall–Kier alpha value is -2.13. The van der Waals surface area contributed by atoms with Gasteiger partial charge in [0.15, 0.2) is 22.9 Å². The Labute approximate surface area is 115 Å². The van der Waals surface area contributed by atoms with Crippen molar-refractivity contribution in [1.82, 2.24) is 5.32 Å². The first kappa shape index (κ1) is 14.9. The molecule has 1 aromatic carbocycles. The number of rotatable bonds is 3. The van der Waals surface area contributed by atoms with Crippen molar-refractivity contribution in [3.05, 3.63) is 29.3 Å². The highest BCUT2D eigenvalue weighted by Gasteiger charge is 2.08. The molecule has 0 saturated heterocycles. The van der Waals surface area contributed by atoms with Crippen molar-refractivity contribution in [2.24, 2.45) is 4.99 Å². The lowest BCUT2D eigenvalue weighted by molar-refractivity contribution is 0.101. The average molecular weight is 275 g/mol. The number of aliphatic imine (C=N–C) groups is 1. The van der Waals surface area contributed by atoms with Crippen LogP contribution in [0.25, 0.3) is 0 Å². The fourth-order valence-corrected chi connectivity index (χ4v) is 1.72. The minimum atomic E-state index is -0.140. The van der Waals surface area contributed by atoms with Gasteiger partial charge in [0, 0.05) is 11.1 Å². The van der Waals surface area contributed by atoms with Crippen LogP contribution in [0.4, 0.5) is 5.69 Å². The summed E-state index contributed by atoms with van der Waals surface area (Å²) in [5.74, 6) is -0.281. The molecule has 0 aliphatic heterocycles. The Kier molecular flexibility index (Phi) is 5.27. The van der Waals surface area contributed by atoms with E-state index < -0.39 is 0 Å². The van der Waals surface area contributed by atoms with Crippen LogP contribution >= 0.6 is 11.8 Å². The van der Waals surface area contributed by atoms with E-state index in [0.29, 0.717) is 22.0 Å². The van der Waals surface area contributed by atoms with Crippen LogP contribution in [-0.4, -0.2) is 23.0 Å². The number of hydrogen-bond donors (Lipinski definition) is 1. The minimum Gasteiger partial charge on any atom is -0.295 e. The molecule has 98 valence electrons. The van der Waals surface area contributed by atoms with E-state index >= 15 is 0 Å². The van der Waals surface area contributed by atoms with Gasteiger partial charge in [-0.25, -0.2) is 4.99 Å². The topological polar surface area (TPSA) is 82.3 Å². The highest BCUT2D eigenvalue weighted by Crippen LogP contribution is 2.20. The second-order valence-electron chi connectivity index (χ2n) is 3.74. The van der Waals surface area contributed by atoms with E-state index in [9.17, 15) is 9.59 Å². The van der Waals surface area contributed by atoms with Crippen molar-refractivity contribution in [3.8, 4) is 6.19 Å². The lowest BCUT2D eigenvalue weighted by Gasteiger charge is -2.04. The van der Waals surface area contributed by atoms with Crippen LogP contribution in [0.3, 0.4) is 0 Å². The number of hydrogen-bond acceptors (Lipinski definition) is 5. The van der Waals surface area contributed by atoms with Gasteiger partial charge < -0.3 is 0 Å². The van der Waals surface area contributed by atoms with Gasteiger partial charge in [-0.1, -0.05) is 11.8 Å². The lowest BCUT2D eigenvalue weighted by Crippen LogP contribution is -2.12. The van der Waals surface area contributed by atoms with Gasteiger partial charge in [0.2, 0.25) is 0 Å². The molecule has 1 N–H and O–H groups in total. The molecule has 1 rings (SSSR count). The molecular formula is C13H13N3O2S. The number of nitrogens with one attached hydrogen (secondary N) is 1. The average Bonchev–Trinajstić information content (AvgIpc) is 2.37. The molecule has 0 heterocycles. The molecule has 1 aromatic rings. The third-order valence-electron chi connectivity index (χ3n) is 2.32. The summed E-state index contributed by atoms with van der Waals surface area (Å²) in [4.78, 5) is 27.0. The van der Waals surface area contributed by atoms with E-state index in [1.54, 1.807) is 30.6 Å². The second kappa shape index (κ2) is 6.71. The molecule has 0 saturated carbocycles. The van der Waals surface area contributed by atoms with E-state index in [2.05, 4.69) is 10.3 Å². The zero-order valence-corrected chi connectivity index (χ0v) is 11.7. The number of carbonyl (C=O) groups excluding carboxylic acids is 2. The number of nitriles is 1. The predicted octanol–water partition coefficient (Wildman–Crippen LogP) is 2.51. The van der Waals surface area contributed by atoms with Gasteiger partial charge in [0.1, 0.15) is 0 Å². The Balaban J connectivity index is 3.31. The molecule has 19 heavy (non-hydrogen) atoms. The number of ketones is 2. The van der Waals surface area contributed by atoms with Gasteiger partial charge in [-0.15, -0.1) is 0 Å². The van der Waals surface area contributed by atoms with Crippen molar-refractivity contribution in [2.45, 2.75) is 13.8 Å². The smallest absolute Gasteiger partial charge is 0.183 e. The number of amidine groups is 1. The first-order valence-corrected chi connectivity index (χ1v) is 6.65. The van der Waals surface area contributed by atoms with Crippen molar-refractivity contribution in [1.29, 1.82) is 5.26 Å². The molecule has 0 bridgehead atoms. The highest BCUT2D eigenvalue weighted by atomic mass is 32.2. The normalized spacial score (nSPS) is 10.7. The van der Waals surface area contributed by atoms with Gasteiger partial charge in [-0.05, 0) is 38.3 Å². The maximum Gasteiger partial charge on any atom is 0.183 e. The first-order chi connectivity index (χ1) is 8.97. The van der Waals surface area contributed by atoms with Crippen molar-refractivity contribution >= 4 is 34.2 Å². The van der Waals surface area contributed by atoms with E-state index in [0.717, 1.165) is 0 Å². The second-order valence-corrected chi connectivity index (χ2v) is 4.53. The van der Waals surface area contributed by atoms with Crippen molar-refractivity contribution < 1.29 is 9.59 Å². The molecule has 0 unspecified atom stereocenters. The van der Waals surface area contributed by atoms with Gasteiger partial charge >= 0.3 is 0 Å². The largest absolute Gasteiger partial charge is 0.295 e. The van der Waals surface area contributed by atoms with Gasteiger partial charge in [-0.2, -0.15) is 5.26 Å². The maximum atomic E-state index is 11.4. The molecular weight excluding hydrogens is 262 g/mol. The highest BCUT2D eigenvalue weighted by molar-refractivity contribution is 8.13. The van der Waals surface area contributed by atoms with Crippen LogP contribution in [0.2, 0.25) is 0 Å². The Bertz CT molecular complexity index is 556. The molecule has 0 atom stereocenters. The summed E-state index contributed by atoms with van der Waals surface area (Å²) in [5, 5.41) is 11.4. The van der Waals surface area contributed by atoms with Crippen LogP contribution in [0.15, 0.2) is 23.2 Å². The number of carbonyl (C=O) groups is 2. The zero-order chi connectivity index (χ0) is 14.4. The summed E-state index contributed by atoms with van der Waals surface area (Å²) in [5.41, 5.74) is 1.30. The molecule has 0 aliphatic rings. The fraction of sp³-hybridized carbons (Fsp3) is 0.231. The monoisotopic (exact) mass is 275 g/mol. The van der Waals surface area contributed by atoms with Crippen LogP contribution < -0.4 is 5.32 Å². The quantitative estimate of drug-likeness (QED) is 0.301. The Morgan fingerprint density at radius 2 is 1.74 bits per heavy atom. The van der Waals surface area contributed by atoms with Crippen molar-refractivity contribution in [3.63, 3.8) is 0 Å². The van der Waals surface area contributed by atoms with Gasteiger partial charge in [-0.3, -0.25) is 14.9 Å². The summed E-state index contributed by atoms with van der Waals surface area (Å²) in [6, 6.07) is 4.72. The Morgan fingerprint density at radius 3 is 2.11 bits per heavy atom. The molecule has 0 aromatic heterocycles. The van der Waals surface area contributed by atoms with Crippen LogP contribution in [0, 0.1) is 11.5 Å². The molecule has 0 fully saturated rings. The van der Waals surface area contributed by atoms with Crippen LogP contribution in [0.1, 0.15) is 34.6 Å². The van der Waals surface area contributed by atoms with E-state index in [1.807, 2.05) is 0 Å². The van der Waals surface area contributed by atoms with Crippen molar-refractivity contribution in [2.75, 3.05) is 6.26 Å². The molecule has 5 nitrogen and oxygen atoms in total. The fourth-order valence-electron chi connectivity index (χ4n) is 1.37. The summed E-state index contributed by atoms with van der Waals surface area (Å²) in [7, 11) is 0. The standard InChI is InChI=1S/C13H13N3O2S/c1-8(17)10-4-11(9(2)18)6-12(5-10)16-13(19-3)15-7-14/h4-6H,1-3H3,(H,15,16). The summed E-state index contributed by atoms with van der Waals surface area (Å²) < 4.78 is 0. The molecule has 0 aliphatic carbocycles. The summed E-state index contributed by atoms with van der Waals surface area (Å²) in [6.07, 6.45) is 3.55. The van der Waals surface area contributed by atoms with Gasteiger partial charge in [0.05, 0.1) is 5.69 Å². The molecule has 6 heteroatoms. The van der Waals surface area contributed by atoms with E-state index in [1.165, 1.54) is 25.6 Å². The summed E-state index contributed by atoms with van der Waals surface area (Å²) in [6.45, 7) is 2.85. The molecule has 0 spiro atoms. The number of benzene rings is 1. The molecule has 0 radical (unpaired) electrons. The number of nitrogens with zero attached hydrogens (tertiary/aromatic N) is 2. The van der Waals surface area contributed by atoms with Crippen LogP contribution in [0.5, 0.6) is 0 Å². The first-order valence-electron chi connectivity index (χ1n) is 5.42. The predicted molar refractivity (Wildman–Crippen MR) is 75.8 cm³/mol.